The molecule has 0 bridgehead atoms. The molecule has 138 valence electrons. The number of nitrogens with two attached hydrogens (primary N) is 2. The Hall–Kier alpha value is -2.88. The standard InChI is InChI=1S/C16H22N8O2/c17-11-3-1-10(2-4-11)7-13-14(24(25)26)15(18)23-16(22-13)21-9-12-8-19-5-6-20-12/h5-6,8,10-11H,1-4,7,9,17H2,(H3,18,21,22,23)/t10-,11-. The topological polar surface area (TPSA) is 159 Å². The Balaban J connectivity index is 1.78. The second-order valence-corrected chi connectivity index (χ2v) is 6.52. The monoisotopic (exact) mass is 358 g/mol. The van der Waals surface area contributed by atoms with Crippen LogP contribution in [0.15, 0.2) is 18.6 Å². The molecule has 1 aliphatic rings. The zero-order valence-corrected chi connectivity index (χ0v) is 14.3. The van der Waals surface area contributed by atoms with Gasteiger partial charge in [0, 0.05) is 18.4 Å². The Morgan fingerprint density at radius 1 is 1.23 bits per heavy atom. The number of hydrogen-bond donors (Lipinski definition) is 3. The number of hydrogen-bond acceptors (Lipinski definition) is 9. The van der Waals surface area contributed by atoms with Crippen molar-refractivity contribution < 1.29 is 4.92 Å². The summed E-state index contributed by atoms with van der Waals surface area (Å²) in [4.78, 5) is 27.4. The van der Waals surface area contributed by atoms with E-state index in [1.807, 2.05) is 0 Å². The van der Waals surface area contributed by atoms with Gasteiger partial charge >= 0.3 is 5.69 Å². The van der Waals surface area contributed by atoms with Gasteiger partial charge in [-0.05, 0) is 38.0 Å². The van der Waals surface area contributed by atoms with Crippen molar-refractivity contribution in [3.63, 3.8) is 0 Å². The molecule has 0 aromatic carbocycles. The highest BCUT2D eigenvalue weighted by Crippen LogP contribution is 2.31. The van der Waals surface area contributed by atoms with Gasteiger partial charge in [-0.25, -0.2) is 4.98 Å². The van der Waals surface area contributed by atoms with Crippen LogP contribution in [0.25, 0.3) is 0 Å². The summed E-state index contributed by atoms with van der Waals surface area (Å²) in [5.74, 6) is 0.436. The molecule has 1 fully saturated rings. The molecule has 0 saturated heterocycles. The van der Waals surface area contributed by atoms with E-state index in [2.05, 4.69) is 25.3 Å². The Bertz CT molecular complexity index is 762. The Morgan fingerprint density at radius 2 is 2.00 bits per heavy atom. The average Bonchev–Trinajstić information content (AvgIpc) is 2.62. The fraction of sp³-hybridized carbons (Fsp3) is 0.500. The summed E-state index contributed by atoms with van der Waals surface area (Å²) in [6, 6.07) is 0.223. The van der Waals surface area contributed by atoms with Gasteiger partial charge in [0.05, 0.1) is 23.4 Å². The van der Waals surface area contributed by atoms with Crippen LogP contribution in [0.5, 0.6) is 0 Å². The number of nitro groups is 1. The SMILES string of the molecule is Nc1nc(NCc2cnccn2)nc(C[C@H]2CC[C@H](N)CC2)c1[N+](=O)[O-]. The number of nitrogens with one attached hydrogen (secondary N) is 1. The van der Waals surface area contributed by atoms with E-state index in [0.29, 0.717) is 30.3 Å². The number of aromatic nitrogens is 4. The Labute approximate surface area is 150 Å². The zero-order valence-electron chi connectivity index (χ0n) is 14.3. The highest BCUT2D eigenvalue weighted by Gasteiger charge is 2.27. The third-order valence-electron chi connectivity index (χ3n) is 4.58. The van der Waals surface area contributed by atoms with Crippen molar-refractivity contribution in [2.24, 2.45) is 11.7 Å². The summed E-state index contributed by atoms with van der Waals surface area (Å²) in [7, 11) is 0. The van der Waals surface area contributed by atoms with Crippen molar-refractivity contribution in [3.8, 4) is 0 Å². The molecule has 0 aliphatic heterocycles. The smallest absolute Gasteiger partial charge is 0.332 e. The van der Waals surface area contributed by atoms with Crippen molar-refractivity contribution in [1.29, 1.82) is 0 Å². The quantitative estimate of drug-likeness (QED) is 0.512. The second-order valence-electron chi connectivity index (χ2n) is 6.52. The number of nitrogen functional groups attached to an aromatic ring is 1. The van der Waals surface area contributed by atoms with Gasteiger partial charge in [0.15, 0.2) is 0 Å². The molecule has 3 rings (SSSR count). The lowest BCUT2D eigenvalue weighted by atomic mass is 9.83. The largest absolute Gasteiger partial charge is 0.378 e. The Kier molecular flexibility index (Phi) is 5.52. The number of nitrogens with zero attached hydrogens (tertiary/aromatic N) is 5. The van der Waals surface area contributed by atoms with Crippen molar-refractivity contribution in [2.75, 3.05) is 11.1 Å². The number of rotatable bonds is 6. The first kappa shape index (κ1) is 17.9. The van der Waals surface area contributed by atoms with Crippen LogP contribution in [0.2, 0.25) is 0 Å². The average molecular weight is 358 g/mol. The van der Waals surface area contributed by atoms with Gasteiger partial charge in [-0.15, -0.1) is 0 Å². The summed E-state index contributed by atoms with van der Waals surface area (Å²) in [5.41, 5.74) is 12.6. The van der Waals surface area contributed by atoms with Crippen molar-refractivity contribution >= 4 is 17.5 Å². The van der Waals surface area contributed by atoms with Crippen molar-refractivity contribution in [2.45, 2.75) is 44.7 Å². The van der Waals surface area contributed by atoms with Crippen LogP contribution in [-0.2, 0) is 13.0 Å². The van der Waals surface area contributed by atoms with E-state index in [-0.39, 0.29) is 23.5 Å². The van der Waals surface area contributed by atoms with Gasteiger partial charge in [-0.2, -0.15) is 4.98 Å². The van der Waals surface area contributed by atoms with Crippen LogP contribution in [0.4, 0.5) is 17.5 Å². The number of anilines is 2. The van der Waals surface area contributed by atoms with E-state index in [9.17, 15) is 10.1 Å². The maximum absolute atomic E-state index is 11.4. The fourth-order valence-electron chi connectivity index (χ4n) is 3.20. The molecule has 2 heterocycles. The van der Waals surface area contributed by atoms with Crippen molar-refractivity contribution in [3.05, 3.63) is 40.1 Å². The minimum atomic E-state index is -0.508. The molecule has 26 heavy (non-hydrogen) atoms. The first-order valence-corrected chi connectivity index (χ1v) is 8.58. The maximum atomic E-state index is 11.4. The fourth-order valence-corrected chi connectivity index (χ4v) is 3.20. The predicted molar refractivity (Wildman–Crippen MR) is 96.1 cm³/mol. The maximum Gasteiger partial charge on any atom is 0.332 e. The normalized spacial score (nSPS) is 19.9. The van der Waals surface area contributed by atoms with Crippen LogP contribution in [0.3, 0.4) is 0 Å². The first-order chi connectivity index (χ1) is 12.5. The summed E-state index contributed by atoms with van der Waals surface area (Å²) in [6.07, 6.45) is 9.01. The van der Waals surface area contributed by atoms with Crippen LogP contribution >= 0.6 is 0 Å². The van der Waals surface area contributed by atoms with Crippen molar-refractivity contribution in [1.82, 2.24) is 19.9 Å². The Morgan fingerprint density at radius 3 is 2.65 bits per heavy atom. The lowest BCUT2D eigenvalue weighted by Gasteiger charge is -2.25. The zero-order chi connectivity index (χ0) is 18.5. The molecule has 0 atom stereocenters. The van der Waals surface area contributed by atoms with Gasteiger partial charge in [0.25, 0.3) is 0 Å². The molecule has 0 amide bonds. The third kappa shape index (κ3) is 4.39. The second kappa shape index (κ2) is 8.00. The van der Waals surface area contributed by atoms with E-state index in [1.165, 1.54) is 0 Å². The lowest BCUT2D eigenvalue weighted by Crippen LogP contribution is -2.27. The van der Waals surface area contributed by atoms with E-state index >= 15 is 0 Å². The van der Waals surface area contributed by atoms with Crippen LogP contribution in [-0.4, -0.2) is 30.9 Å². The lowest BCUT2D eigenvalue weighted by molar-refractivity contribution is -0.385. The van der Waals surface area contributed by atoms with Crippen LogP contribution in [0.1, 0.15) is 37.1 Å². The summed E-state index contributed by atoms with van der Waals surface area (Å²) < 4.78 is 0. The minimum Gasteiger partial charge on any atom is -0.378 e. The van der Waals surface area contributed by atoms with Gasteiger partial charge in [-0.1, -0.05) is 0 Å². The summed E-state index contributed by atoms with van der Waals surface area (Å²) >= 11 is 0. The molecule has 2 aromatic heterocycles. The highest BCUT2D eigenvalue weighted by atomic mass is 16.6. The van der Waals surface area contributed by atoms with Crippen LogP contribution < -0.4 is 16.8 Å². The summed E-state index contributed by atoms with van der Waals surface area (Å²) in [6.45, 7) is 0.350. The van der Waals surface area contributed by atoms with E-state index < -0.39 is 4.92 Å². The molecule has 0 spiro atoms. The molecule has 10 heteroatoms. The first-order valence-electron chi connectivity index (χ1n) is 8.58. The third-order valence-corrected chi connectivity index (χ3v) is 4.58. The van der Waals surface area contributed by atoms with Gasteiger partial charge < -0.3 is 16.8 Å². The van der Waals surface area contributed by atoms with Gasteiger partial charge in [0.1, 0.15) is 5.69 Å². The molecule has 1 saturated carbocycles. The van der Waals surface area contributed by atoms with E-state index in [4.69, 9.17) is 11.5 Å². The molecule has 10 nitrogen and oxygen atoms in total. The highest BCUT2D eigenvalue weighted by molar-refractivity contribution is 5.58. The predicted octanol–water partition coefficient (Wildman–Crippen LogP) is 1.43. The van der Waals surface area contributed by atoms with E-state index in [0.717, 1.165) is 25.7 Å². The molecule has 5 N–H and O–H groups in total. The molecule has 1 aliphatic carbocycles. The van der Waals surface area contributed by atoms with Crippen LogP contribution in [0, 0.1) is 16.0 Å². The molecule has 2 aromatic rings. The minimum absolute atomic E-state index is 0.130. The van der Waals surface area contributed by atoms with Gasteiger partial charge in [0.2, 0.25) is 11.8 Å². The molecule has 0 unspecified atom stereocenters. The van der Waals surface area contributed by atoms with E-state index in [1.54, 1.807) is 18.6 Å². The van der Waals surface area contributed by atoms with Gasteiger partial charge in [-0.3, -0.25) is 20.1 Å². The molecular weight excluding hydrogens is 336 g/mol. The molecular formula is C16H22N8O2. The molecule has 0 radical (unpaired) electrons. The summed E-state index contributed by atoms with van der Waals surface area (Å²) in [5, 5.41) is 14.4.